The molecule has 0 unspecified atom stereocenters. The molecular formula is C28H34N2O5. The van der Waals surface area contributed by atoms with Crippen molar-refractivity contribution >= 4 is 18.0 Å². The smallest absolute Gasteiger partial charge is 0.407 e. The summed E-state index contributed by atoms with van der Waals surface area (Å²) in [6.07, 6.45) is 2.50. The number of carboxylic acid groups (broad SMARTS) is 1. The summed E-state index contributed by atoms with van der Waals surface area (Å²) in [5.74, 6) is -1.53. The van der Waals surface area contributed by atoms with Crippen LogP contribution in [0.3, 0.4) is 0 Å². The average Bonchev–Trinajstić information content (AvgIpc) is 3.46. The van der Waals surface area contributed by atoms with E-state index < -0.39 is 23.4 Å². The number of carboxylic acids is 1. The van der Waals surface area contributed by atoms with E-state index in [9.17, 15) is 19.5 Å². The second-order valence-corrected chi connectivity index (χ2v) is 9.62. The van der Waals surface area contributed by atoms with E-state index in [1.165, 1.54) is 11.1 Å². The fourth-order valence-corrected chi connectivity index (χ4v) is 5.50. The van der Waals surface area contributed by atoms with Gasteiger partial charge in [0.15, 0.2) is 0 Å². The molecule has 3 N–H and O–H groups in total. The third kappa shape index (κ3) is 4.90. The molecule has 0 heterocycles. The second kappa shape index (κ2) is 10.5. The predicted molar refractivity (Wildman–Crippen MR) is 133 cm³/mol. The van der Waals surface area contributed by atoms with Crippen molar-refractivity contribution in [3.8, 4) is 11.1 Å². The highest BCUT2D eigenvalue weighted by Crippen LogP contribution is 2.44. The summed E-state index contributed by atoms with van der Waals surface area (Å²) < 4.78 is 5.65. The Balaban J connectivity index is 1.34. The quantitative estimate of drug-likeness (QED) is 0.485. The first-order valence-corrected chi connectivity index (χ1v) is 12.5. The molecule has 4 rings (SSSR count). The number of hydrogen-bond donors (Lipinski definition) is 3. The first-order valence-electron chi connectivity index (χ1n) is 12.5. The van der Waals surface area contributed by atoms with Gasteiger partial charge in [0.05, 0.1) is 11.3 Å². The fraction of sp³-hybridized carbons (Fsp3) is 0.464. The van der Waals surface area contributed by atoms with Gasteiger partial charge in [-0.25, -0.2) is 4.79 Å². The lowest BCUT2D eigenvalue weighted by Gasteiger charge is -2.28. The molecule has 0 radical (unpaired) electrons. The van der Waals surface area contributed by atoms with Gasteiger partial charge in [0, 0.05) is 18.5 Å². The van der Waals surface area contributed by atoms with Crippen LogP contribution in [0.4, 0.5) is 4.79 Å². The lowest BCUT2D eigenvalue weighted by molar-refractivity contribution is -0.149. The van der Waals surface area contributed by atoms with Crippen molar-refractivity contribution in [1.29, 1.82) is 0 Å². The van der Waals surface area contributed by atoms with Gasteiger partial charge in [-0.1, -0.05) is 68.8 Å². The molecule has 1 fully saturated rings. The number of rotatable bonds is 9. The Bertz CT molecular complexity index is 1050. The van der Waals surface area contributed by atoms with Crippen molar-refractivity contribution in [2.75, 3.05) is 13.2 Å². The molecule has 0 aliphatic heterocycles. The molecule has 0 spiro atoms. The van der Waals surface area contributed by atoms with Crippen LogP contribution in [0.1, 0.15) is 63.0 Å². The molecule has 0 bridgehead atoms. The van der Waals surface area contributed by atoms with E-state index in [0.29, 0.717) is 25.7 Å². The van der Waals surface area contributed by atoms with Crippen molar-refractivity contribution in [2.24, 2.45) is 11.3 Å². The number of nitrogens with one attached hydrogen (secondary N) is 2. The molecule has 2 aliphatic carbocycles. The summed E-state index contributed by atoms with van der Waals surface area (Å²) in [5.41, 5.74) is 3.66. The molecule has 1 saturated carbocycles. The van der Waals surface area contributed by atoms with Crippen LogP contribution in [-0.2, 0) is 14.3 Å². The number of hydrogen-bond acceptors (Lipinski definition) is 4. The molecule has 7 nitrogen and oxygen atoms in total. The zero-order valence-electron chi connectivity index (χ0n) is 20.4. The third-order valence-electron chi connectivity index (χ3n) is 7.91. The summed E-state index contributed by atoms with van der Waals surface area (Å²) >= 11 is 0. The lowest BCUT2D eigenvalue weighted by Crippen LogP contribution is -2.48. The summed E-state index contributed by atoms with van der Waals surface area (Å²) in [6, 6.07) is 16.0. The average molecular weight is 479 g/mol. The summed E-state index contributed by atoms with van der Waals surface area (Å²) in [6.45, 7) is 3.95. The highest BCUT2D eigenvalue weighted by atomic mass is 16.5. The first-order chi connectivity index (χ1) is 16.9. The third-order valence-corrected chi connectivity index (χ3v) is 7.91. The van der Waals surface area contributed by atoms with Gasteiger partial charge < -0.3 is 20.5 Å². The van der Waals surface area contributed by atoms with Crippen molar-refractivity contribution < 1.29 is 24.2 Å². The van der Waals surface area contributed by atoms with E-state index in [0.717, 1.165) is 17.5 Å². The number of amides is 2. The number of aliphatic carboxylic acids is 1. The molecular weight excluding hydrogens is 444 g/mol. The zero-order valence-corrected chi connectivity index (χ0v) is 20.4. The second-order valence-electron chi connectivity index (χ2n) is 9.62. The predicted octanol–water partition coefficient (Wildman–Crippen LogP) is 4.70. The van der Waals surface area contributed by atoms with E-state index in [2.05, 4.69) is 34.9 Å². The van der Waals surface area contributed by atoms with Crippen LogP contribution < -0.4 is 10.6 Å². The fourth-order valence-electron chi connectivity index (χ4n) is 5.50. The Labute approximate surface area is 206 Å². The van der Waals surface area contributed by atoms with Crippen LogP contribution in [0.15, 0.2) is 48.5 Å². The number of carbonyl (C=O) groups excluding carboxylic acids is 2. The Kier molecular flexibility index (Phi) is 7.43. The molecule has 7 heteroatoms. The van der Waals surface area contributed by atoms with Gasteiger partial charge in [-0.2, -0.15) is 0 Å². The van der Waals surface area contributed by atoms with Crippen molar-refractivity contribution in [3.63, 3.8) is 0 Å². The number of carbonyl (C=O) groups is 3. The van der Waals surface area contributed by atoms with Crippen LogP contribution in [0, 0.1) is 11.3 Å². The van der Waals surface area contributed by atoms with Crippen LogP contribution in [0.2, 0.25) is 0 Å². The molecule has 186 valence electrons. The molecule has 2 aliphatic rings. The Morgan fingerprint density at radius 3 is 2.14 bits per heavy atom. The number of alkyl carbamates (subject to hydrolysis) is 1. The molecule has 35 heavy (non-hydrogen) atoms. The Morgan fingerprint density at radius 2 is 1.57 bits per heavy atom. The summed E-state index contributed by atoms with van der Waals surface area (Å²) in [7, 11) is 0. The zero-order chi connectivity index (χ0) is 25.0. The molecule has 2 aromatic rings. The maximum Gasteiger partial charge on any atom is 0.407 e. The highest BCUT2D eigenvalue weighted by molar-refractivity contribution is 5.82. The molecule has 2 amide bonds. The molecule has 2 atom stereocenters. The van der Waals surface area contributed by atoms with Gasteiger partial charge in [0.1, 0.15) is 6.61 Å². The van der Waals surface area contributed by atoms with Crippen LogP contribution in [0.5, 0.6) is 0 Å². The van der Waals surface area contributed by atoms with E-state index in [4.69, 9.17) is 4.74 Å². The maximum absolute atomic E-state index is 12.9. The van der Waals surface area contributed by atoms with Gasteiger partial charge in [-0.15, -0.1) is 0 Å². The number of benzene rings is 2. The van der Waals surface area contributed by atoms with Gasteiger partial charge in [-0.3, -0.25) is 9.59 Å². The lowest BCUT2D eigenvalue weighted by atomic mass is 9.82. The number of fused-ring (bicyclic) bond motifs is 3. The van der Waals surface area contributed by atoms with Crippen LogP contribution >= 0.6 is 0 Å². The SMILES string of the molecule is CCC(CC)(CNC(=O)[C@H]1CCC[C@H]1NC(=O)OCC1c2ccccc2-c2ccccc21)C(=O)O. The van der Waals surface area contributed by atoms with Crippen LogP contribution in [-0.4, -0.2) is 42.3 Å². The Hall–Kier alpha value is -3.35. The monoisotopic (exact) mass is 478 g/mol. The van der Waals surface area contributed by atoms with E-state index in [1.54, 1.807) is 0 Å². The molecule has 2 aromatic carbocycles. The summed E-state index contributed by atoms with van der Waals surface area (Å²) in [4.78, 5) is 37.3. The summed E-state index contributed by atoms with van der Waals surface area (Å²) in [5, 5.41) is 15.3. The minimum atomic E-state index is -0.968. The van der Waals surface area contributed by atoms with Gasteiger partial charge in [-0.05, 0) is 47.9 Å². The molecule has 0 aromatic heterocycles. The van der Waals surface area contributed by atoms with Gasteiger partial charge in [0.25, 0.3) is 0 Å². The van der Waals surface area contributed by atoms with E-state index in [-0.39, 0.29) is 31.0 Å². The van der Waals surface area contributed by atoms with Gasteiger partial charge >= 0.3 is 12.1 Å². The van der Waals surface area contributed by atoms with Crippen LogP contribution in [0.25, 0.3) is 11.1 Å². The van der Waals surface area contributed by atoms with Crippen molar-refractivity contribution in [3.05, 3.63) is 59.7 Å². The van der Waals surface area contributed by atoms with Crippen molar-refractivity contribution in [2.45, 2.75) is 57.9 Å². The van der Waals surface area contributed by atoms with E-state index in [1.807, 2.05) is 38.1 Å². The van der Waals surface area contributed by atoms with E-state index >= 15 is 0 Å². The normalized spacial score (nSPS) is 19.0. The largest absolute Gasteiger partial charge is 0.481 e. The minimum absolute atomic E-state index is 0.0250. The van der Waals surface area contributed by atoms with Gasteiger partial charge in [0.2, 0.25) is 5.91 Å². The first kappa shape index (κ1) is 24.8. The maximum atomic E-state index is 12.9. The van der Waals surface area contributed by atoms with Crippen molar-refractivity contribution in [1.82, 2.24) is 10.6 Å². The Morgan fingerprint density at radius 1 is 0.971 bits per heavy atom. The highest BCUT2D eigenvalue weighted by Gasteiger charge is 2.39. The minimum Gasteiger partial charge on any atom is -0.481 e. The number of ether oxygens (including phenoxy) is 1. The molecule has 0 saturated heterocycles. The topological polar surface area (TPSA) is 105 Å². The standard InChI is InChI=1S/C28H34N2O5/c1-3-28(4-2,26(32)33)17-29-25(31)22-14-9-15-24(22)30-27(34)35-16-23-20-12-7-5-10-18(20)19-11-6-8-13-21(19)23/h5-8,10-13,22-24H,3-4,9,14-17H2,1-2H3,(H,29,31)(H,30,34)(H,32,33)/t22-,24+/m0/s1.